The molecule has 0 spiro atoms. The van der Waals surface area contributed by atoms with Gasteiger partial charge in [-0.15, -0.1) is 0 Å². The molecule has 0 radical (unpaired) electrons. The molecule has 6 heteroatoms. The fraction of sp³-hybridized carbons (Fsp3) is 0.833. The molecule has 0 aliphatic heterocycles. The molecule has 6 nitrogen and oxygen atoms in total. The summed E-state index contributed by atoms with van der Waals surface area (Å²) < 4.78 is 3.89. The van der Waals surface area contributed by atoms with E-state index in [2.05, 4.69) is 15.8 Å². The topological polar surface area (TPSA) is 105 Å². The maximum Gasteiger partial charge on any atom is 0.404 e. The maximum atomic E-state index is 9.37. The number of primary amides is 1. The average Bonchev–Trinajstić information content (AvgIpc) is 2.07. The molecule has 0 aliphatic carbocycles. The van der Waals surface area contributed by atoms with Crippen LogP contribution in [-0.2, 0) is 4.74 Å². The molecule has 0 rings (SSSR count). The molecular weight excluding hydrogens is 164 g/mol. The Morgan fingerprint density at radius 3 is 1.92 bits per heavy atom. The summed E-state index contributed by atoms with van der Waals surface area (Å²) in [6.45, 7) is 1.42. The van der Waals surface area contributed by atoms with Gasteiger partial charge < -0.3 is 26.0 Å². The van der Waals surface area contributed by atoms with Crippen LogP contribution in [0.15, 0.2) is 0 Å². The van der Waals surface area contributed by atoms with Crippen molar-refractivity contribution in [3.05, 3.63) is 0 Å². The van der Waals surface area contributed by atoms with Gasteiger partial charge in [0.2, 0.25) is 0 Å². The van der Waals surface area contributed by atoms with Crippen LogP contribution in [0.2, 0.25) is 0 Å². The molecule has 0 aromatic heterocycles. The van der Waals surface area contributed by atoms with Crippen molar-refractivity contribution in [2.75, 3.05) is 33.4 Å². The number of rotatable bonds is 4. The lowest BCUT2D eigenvalue weighted by atomic mass is 10.6. The zero-order valence-electron chi connectivity index (χ0n) is 7.12. The molecule has 0 aromatic carbocycles. The van der Waals surface area contributed by atoms with E-state index in [1.807, 2.05) is 0 Å². The van der Waals surface area contributed by atoms with Crippen LogP contribution in [-0.4, -0.2) is 49.7 Å². The van der Waals surface area contributed by atoms with Gasteiger partial charge in [-0.25, -0.2) is 4.79 Å². The van der Waals surface area contributed by atoms with Crippen molar-refractivity contribution in [3.63, 3.8) is 0 Å². The first-order valence-electron chi connectivity index (χ1n) is 3.44. The highest BCUT2D eigenvalue weighted by atomic mass is 16.5. The summed E-state index contributed by atoms with van der Waals surface area (Å²) >= 11 is 0. The second kappa shape index (κ2) is 12.8. The van der Waals surface area contributed by atoms with Gasteiger partial charge in [0, 0.05) is 13.1 Å². The highest BCUT2D eigenvalue weighted by Gasteiger charge is 1.78. The lowest BCUT2D eigenvalue weighted by Gasteiger charge is -1.94. The van der Waals surface area contributed by atoms with Crippen molar-refractivity contribution >= 4 is 6.09 Å². The number of hydrogen-bond donors (Lipinski definition) is 4. The minimum atomic E-state index is -0.745. The molecule has 74 valence electrons. The van der Waals surface area contributed by atoms with E-state index < -0.39 is 6.09 Å². The molecule has 0 aromatic rings. The van der Waals surface area contributed by atoms with Gasteiger partial charge in [0.25, 0.3) is 0 Å². The van der Waals surface area contributed by atoms with Crippen LogP contribution in [0.5, 0.6) is 0 Å². The van der Waals surface area contributed by atoms with Gasteiger partial charge in [0.05, 0.1) is 20.3 Å². The Kier molecular flexibility index (Phi) is 14.6. The second-order valence-corrected chi connectivity index (χ2v) is 1.72. The van der Waals surface area contributed by atoms with Gasteiger partial charge >= 0.3 is 6.09 Å². The van der Waals surface area contributed by atoms with E-state index in [1.54, 1.807) is 0 Å². The van der Waals surface area contributed by atoms with Crippen LogP contribution in [0, 0.1) is 0 Å². The minimum absolute atomic E-state index is 0.139. The van der Waals surface area contributed by atoms with Crippen LogP contribution >= 0.6 is 0 Å². The third kappa shape index (κ3) is 22.9. The third-order valence-electron chi connectivity index (χ3n) is 0.778. The summed E-state index contributed by atoms with van der Waals surface area (Å²) in [7, 11) is 1.22. The van der Waals surface area contributed by atoms with Crippen LogP contribution in [0.1, 0.15) is 0 Å². The number of hydrogen-bond acceptors (Lipinski definition) is 5. The van der Waals surface area contributed by atoms with Gasteiger partial charge in [-0.3, -0.25) is 0 Å². The molecule has 0 bridgehead atoms. The highest BCUT2D eigenvalue weighted by molar-refractivity contribution is 5.64. The number of aliphatic hydroxyl groups is 2. The smallest absolute Gasteiger partial charge is 0.404 e. The van der Waals surface area contributed by atoms with Gasteiger partial charge in [0.1, 0.15) is 0 Å². The lowest BCUT2D eigenvalue weighted by molar-refractivity contribution is 0.182. The van der Waals surface area contributed by atoms with Gasteiger partial charge in [-0.2, -0.15) is 0 Å². The Balaban J connectivity index is 0. The third-order valence-corrected chi connectivity index (χ3v) is 0.778. The molecule has 0 atom stereocenters. The summed E-state index contributed by atoms with van der Waals surface area (Å²) in [4.78, 5) is 9.37. The first-order chi connectivity index (χ1) is 5.68. The predicted molar refractivity (Wildman–Crippen MR) is 43.6 cm³/mol. The number of carbonyl (C=O) groups is 1. The zero-order chi connectivity index (χ0) is 9.82. The van der Waals surface area contributed by atoms with Crippen LogP contribution < -0.4 is 11.1 Å². The Hall–Kier alpha value is -0.850. The predicted octanol–water partition coefficient (Wildman–Crippen LogP) is -1.73. The Bertz CT molecular complexity index is 95.5. The molecule has 12 heavy (non-hydrogen) atoms. The van der Waals surface area contributed by atoms with Crippen molar-refractivity contribution in [3.8, 4) is 0 Å². The number of nitrogens with one attached hydrogen (secondary N) is 1. The highest BCUT2D eigenvalue weighted by Crippen LogP contribution is 1.55. The normalized spacial score (nSPS) is 8.25. The van der Waals surface area contributed by atoms with E-state index in [0.717, 1.165) is 0 Å². The molecule has 0 heterocycles. The van der Waals surface area contributed by atoms with Crippen molar-refractivity contribution in [2.24, 2.45) is 5.73 Å². The second-order valence-electron chi connectivity index (χ2n) is 1.72. The molecular formula is C6H16N2O4. The summed E-state index contributed by atoms with van der Waals surface area (Å²) in [5.74, 6) is 0. The molecule has 0 aliphatic rings. The lowest BCUT2D eigenvalue weighted by Crippen LogP contribution is -2.21. The minimum Gasteiger partial charge on any atom is -0.453 e. The molecule has 1 amide bonds. The van der Waals surface area contributed by atoms with E-state index in [-0.39, 0.29) is 13.2 Å². The number of aliphatic hydroxyl groups excluding tert-OH is 2. The average molecular weight is 180 g/mol. The molecule has 0 unspecified atom stereocenters. The summed E-state index contributed by atoms with van der Waals surface area (Å²) in [6.07, 6.45) is -0.745. The first kappa shape index (κ1) is 13.7. The standard InChI is InChI=1S/C4H11NO2.C2H5NO2/c6-3-1-5-2-4-7;1-5-2(3)4/h5-7H,1-4H2;1H3,(H2,3,4). The molecule has 0 fully saturated rings. The number of ether oxygens (including phenoxy) is 1. The quantitative estimate of drug-likeness (QED) is 0.385. The Labute approximate surface area is 71.3 Å². The van der Waals surface area contributed by atoms with Gasteiger partial charge in [0.15, 0.2) is 0 Å². The molecule has 0 saturated carbocycles. The van der Waals surface area contributed by atoms with Crippen LogP contribution in [0.25, 0.3) is 0 Å². The fourth-order valence-corrected chi connectivity index (χ4v) is 0.283. The Morgan fingerprint density at radius 2 is 1.75 bits per heavy atom. The first-order valence-corrected chi connectivity index (χ1v) is 3.44. The van der Waals surface area contributed by atoms with Crippen molar-refractivity contribution in [1.29, 1.82) is 0 Å². The van der Waals surface area contributed by atoms with Crippen LogP contribution in [0.4, 0.5) is 4.79 Å². The van der Waals surface area contributed by atoms with E-state index >= 15 is 0 Å². The summed E-state index contributed by atoms with van der Waals surface area (Å²) in [6, 6.07) is 0. The van der Waals surface area contributed by atoms with E-state index in [4.69, 9.17) is 10.2 Å². The monoisotopic (exact) mass is 180 g/mol. The SMILES string of the molecule is COC(N)=O.OCCNCCO. The number of amides is 1. The summed E-state index contributed by atoms with van der Waals surface area (Å²) in [5.41, 5.74) is 4.43. The van der Waals surface area contributed by atoms with Crippen molar-refractivity contribution < 1.29 is 19.7 Å². The zero-order valence-corrected chi connectivity index (χ0v) is 7.12. The molecule has 5 N–H and O–H groups in total. The molecule has 0 saturated heterocycles. The maximum absolute atomic E-state index is 9.37. The Morgan fingerprint density at radius 1 is 1.42 bits per heavy atom. The number of carbonyl (C=O) groups excluding carboxylic acids is 1. The largest absolute Gasteiger partial charge is 0.453 e. The van der Waals surface area contributed by atoms with Gasteiger partial charge in [-0.05, 0) is 0 Å². The van der Waals surface area contributed by atoms with E-state index in [1.165, 1.54) is 7.11 Å². The van der Waals surface area contributed by atoms with Crippen molar-refractivity contribution in [1.82, 2.24) is 5.32 Å². The van der Waals surface area contributed by atoms with Crippen molar-refractivity contribution in [2.45, 2.75) is 0 Å². The number of nitrogens with two attached hydrogens (primary N) is 1. The van der Waals surface area contributed by atoms with E-state index in [0.29, 0.717) is 13.1 Å². The van der Waals surface area contributed by atoms with Crippen LogP contribution in [0.3, 0.4) is 0 Å². The fourth-order valence-electron chi connectivity index (χ4n) is 0.283. The van der Waals surface area contributed by atoms with Gasteiger partial charge in [-0.1, -0.05) is 0 Å². The number of methoxy groups -OCH3 is 1. The van der Waals surface area contributed by atoms with E-state index in [9.17, 15) is 4.79 Å². The summed E-state index contributed by atoms with van der Waals surface area (Å²) in [5, 5.41) is 19.1.